The first-order chi connectivity index (χ1) is 16.7. The van der Waals surface area contributed by atoms with Gasteiger partial charge in [-0.1, -0.05) is 0 Å². The first-order valence-electron chi connectivity index (χ1n) is 11.6. The molecule has 2 aliphatic heterocycles. The minimum absolute atomic E-state index is 0.0149. The van der Waals surface area contributed by atoms with Crippen LogP contribution in [0.15, 0.2) is 41.1 Å². The van der Waals surface area contributed by atoms with E-state index in [4.69, 9.17) is 13.9 Å². The van der Waals surface area contributed by atoms with E-state index in [0.717, 1.165) is 48.3 Å². The van der Waals surface area contributed by atoms with E-state index in [-0.39, 0.29) is 11.9 Å². The number of rotatable bonds is 7. The Morgan fingerprint density at radius 2 is 2.15 bits per heavy atom. The topological polar surface area (TPSA) is 107 Å². The van der Waals surface area contributed by atoms with Crippen molar-refractivity contribution in [2.75, 3.05) is 31.8 Å². The highest BCUT2D eigenvalue weighted by molar-refractivity contribution is 5.92. The minimum atomic E-state index is 0.0149. The fourth-order valence-electron chi connectivity index (χ4n) is 4.87. The Labute approximate surface area is 195 Å². The van der Waals surface area contributed by atoms with Crippen LogP contribution in [0.5, 0.6) is 5.88 Å². The van der Waals surface area contributed by atoms with Crippen molar-refractivity contribution in [1.82, 2.24) is 24.9 Å². The van der Waals surface area contributed by atoms with E-state index in [2.05, 4.69) is 25.3 Å². The van der Waals surface area contributed by atoms with Gasteiger partial charge in [0.25, 0.3) is 0 Å². The van der Waals surface area contributed by atoms with E-state index in [1.54, 1.807) is 30.1 Å². The third-order valence-corrected chi connectivity index (χ3v) is 6.54. The van der Waals surface area contributed by atoms with Gasteiger partial charge in [0, 0.05) is 32.3 Å². The highest BCUT2D eigenvalue weighted by Gasteiger charge is 2.28. The highest BCUT2D eigenvalue weighted by atomic mass is 16.5. The molecule has 0 saturated carbocycles. The summed E-state index contributed by atoms with van der Waals surface area (Å²) >= 11 is 0. The van der Waals surface area contributed by atoms with Gasteiger partial charge in [0.15, 0.2) is 11.4 Å². The molecule has 2 saturated heterocycles. The molecule has 176 valence electrons. The van der Waals surface area contributed by atoms with Gasteiger partial charge >= 0.3 is 0 Å². The molecular formula is C24H26N6O4. The van der Waals surface area contributed by atoms with Crippen LogP contribution < -0.4 is 15.0 Å². The van der Waals surface area contributed by atoms with E-state index in [9.17, 15) is 4.79 Å². The van der Waals surface area contributed by atoms with Crippen molar-refractivity contribution in [2.45, 2.75) is 37.8 Å². The van der Waals surface area contributed by atoms with Crippen molar-refractivity contribution >= 4 is 28.3 Å². The number of nitrogens with zero attached hydrogens (tertiary/aromatic N) is 5. The van der Waals surface area contributed by atoms with E-state index < -0.39 is 0 Å². The molecule has 34 heavy (non-hydrogen) atoms. The lowest BCUT2D eigenvalue weighted by molar-refractivity contribution is -0.119. The summed E-state index contributed by atoms with van der Waals surface area (Å²) in [6.45, 7) is 2.00. The number of methoxy groups -OCH3 is 1. The average Bonchev–Trinajstić information content (AvgIpc) is 3.63. The second-order valence-electron chi connectivity index (χ2n) is 8.80. The molecule has 1 amide bonds. The van der Waals surface area contributed by atoms with Crippen molar-refractivity contribution in [3.8, 4) is 17.3 Å². The third-order valence-electron chi connectivity index (χ3n) is 6.54. The molecule has 6 rings (SSSR count). The predicted molar refractivity (Wildman–Crippen MR) is 125 cm³/mol. The zero-order valence-corrected chi connectivity index (χ0v) is 18.9. The standard InChI is InChI=1S/C24H26N6O4/c1-32-14-16-3-2-10-29(16)24-17-11-20(34-19(17)8-9-25-24)18-12-26-21-5-7-23(28-30(18)21)33-13-15-4-6-22(31)27-15/h5,7-9,11-12,15-16H,2-4,6,10,13-14H2,1H3,(H,27,31)/t15-,16+/m1/s1. The SMILES string of the molecule is COC[C@@H]1CCCN1c1nccc2oc(-c3cnc4ccc(OC[C@H]5CCC(=O)N5)nn34)cc12. The van der Waals surface area contributed by atoms with Crippen LogP contribution in [0.1, 0.15) is 25.7 Å². The number of carbonyl (C=O) groups is 1. The van der Waals surface area contributed by atoms with Crippen LogP contribution in [0, 0.1) is 0 Å². The molecule has 2 atom stereocenters. The molecule has 0 bridgehead atoms. The Kier molecular flexibility index (Phi) is 5.29. The van der Waals surface area contributed by atoms with Gasteiger partial charge in [0.05, 0.1) is 30.3 Å². The lowest BCUT2D eigenvalue weighted by Crippen LogP contribution is -2.33. The highest BCUT2D eigenvalue weighted by Crippen LogP contribution is 2.35. The largest absolute Gasteiger partial charge is 0.474 e. The lowest BCUT2D eigenvalue weighted by Gasteiger charge is -2.25. The number of hydrogen-bond acceptors (Lipinski definition) is 8. The summed E-state index contributed by atoms with van der Waals surface area (Å²) < 4.78 is 19.2. The Hall–Kier alpha value is -3.66. The molecule has 0 spiro atoms. The Bertz CT molecular complexity index is 1350. The molecular weight excluding hydrogens is 436 g/mol. The molecule has 10 heteroatoms. The van der Waals surface area contributed by atoms with Gasteiger partial charge in [-0.15, -0.1) is 5.10 Å². The summed E-state index contributed by atoms with van der Waals surface area (Å²) in [6.07, 6.45) is 7.04. The minimum Gasteiger partial charge on any atom is -0.474 e. The number of ether oxygens (including phenoxy) is 2. The molecule has 2 aliphatic rings. The molecule has 1 N–H and O–H groups in total. The predicted octanol–water partition coefficient (Wildman–Crippen LogP) is 2.81. The summed E-state index contributed by atoms with van der Waals surface area (Å²) in [4.78, 5) is 22.9. The molecule has 0 aliphatic carbocycles. The fourth-order valence-corrected chi connectivity index (χ4v) is 4.87. The van der Waals surface area contributed by atoms with Crippen LogP contribution in [0.4, 0.5) is 5.82 Å². The molecule has 6 heterocycles. The first-order valence-corrected chi connectivity index (χ1v) is 11.6. The van der Waals surface area contributed by atoms with Crippen molar-refractivity contribution in [1.29, 1.82) is 0 Å². The molecule has 2 fully saturated rings. The van der Waals surface area contributed by atoms with Crippen LogP contribution in [0.3, 0.4) is 0 Å². The molecule has 0 aromatic carbocycles. The fraction of sp³-hybridized carbons (Fsp3) is 0.417. The zero-order valence-electron chi connectivity index (χ0n) is 18.9. The number of imidazole rings is 1. The molecule has 0 radical (unpaired) electrons. The van der Waals surface area contributed by atoms with Crippen molar-refractivity contribution in [2.24, 2.45) is 0 Å². The smallest absolute Gasteiger partial charge is 0.231 e. The summed E-state index contributed by atoms with van der Waals surface area (Å²) in [5.41, 5.74) is 2.18. The first kappa shape index (κ1) is 20.9. The van der Waals surface area contributed by atoms with E-state index in [1.165, 1.54) is 0 Å². The maximum absolute atomic E-state index is 11.4. The van der Waals surface area contributed by atoms with Crippen LogP contribution in [-0.4, -0.2) is 64.4 Å². The van der Waals surface area contributed by atoms with Gasteiger partial charge in [0.2, 0.25) is 11.8 Å². The number of nitrogens with one attached hydrogen (secondary N) is 1. The Balaban J connectivity index is 1.31. The van der Waals surface area contributed by atoms with E-state index in [1.807, 2.05) is 18.2 Å². The number of furan rings is 1. The molecule has 0 unspecified atom stereocenters. The number of aromatic nitrogens is 4. The van der Waals surface area contributed by atoms with Gasteiger partial charge < -0.3 is 24.1 Å². The van der Waals surface area contributed by atoms with Crippen LogP contribution in [0.25, 0.3) is 28.1 Å². The maximum atomic E-state index is 11.4. The van der Waals surface area contributed by atoms with Crippen LogP contribution in [0.2, 0.25) is 0 Å². The Morgan fingerprint density at radius 3 is 3.00 bits per heavy atom. The summed E-state index contributed by atoms with van der Waals surface area (Å²) in [6, 6.07) is 7.85. The summed E-state index contributed by atoms with van der Waals surface area (Å²) in [7, 11) is 1.74. The quantitative estimate of drug-likeness (QED) is 0.447. The number of fused-ring (bicyclic) bond motifs is 2. The number of pyridine rings is 1. The van der Waals surface area contributed by atoms with Crippen molar-refractivity contribution in [3.63, 3.8) is 0 Å². The van der Waals surface area contributed by atoms with Gasteiger partial charge in [-0.05, 0) is 37.5 Å². The monoisotopic (exact) mass is 462 g/mol. The van der Waals surface area contributed by atoms with Crippen molar-refractivity contribution < 1.29 is 18.7 Å². The lowest BCUT2D eigenvalue weighted by atomic mass is 10.2. The maximum Gasteiger partial charge on any atom is 0.231 e. The summed E-state index contributed by atoms with van der Waals surface area (Å²) in [5.74, 6) is 2.10. The molecule has 4 aromatic heterocycles. The third kappa shape index (κ3) is 3.73. The van der Waals surface area contributed by atoms with Gasteiger partial charge in [-0.2, -0.15) is 0 Å². The van der Waals surface area contributed by atoms with E-state index in [0.29, 0.717) is 43.0 Å². The number of hydrogen-bond donors (Lipinski definition) is 1. The second-order valence-corrected chi connectivity index (χ2v) is 8.80. The van der Waals surface area contributed by atoms with Gasteiger partial charge in [-0.3, -0.25) is 4.79 Å². The van der Waals surface area contributed by atoms with Gasteiger partial charge in [-0.25, -0.2) is 14.5 Å². The average molecular weight is 463 g/mol. The van der Waals surface area contributed by atoms with Gasteiger partial charge in [0.1, 0.15) is 23.7 Å². The summed E-state index contributed by atoms with van der Waals surface area (Å²) in [5, 5.41) is 8.48. The molecule has 10 nitrogen and oxygen atoms in total. The Morgan fingerprint density at radius 1 is 1.21 bits per heavy atom. The normalized spacial score (nSPS) is 20.5. The van der Waals surface area contributed by atoms with Crippen molar-refractivity contribution in [3.05, 3.63) is 36.7 Å². The number of amides is 1. The zero-order chi connectivity index (χ0) is 23.1. The van der Waals surface area contributed by atoms with Crippen LogP contribution in [-0.2, 0) is 9.53 Å². The second kappa shape index (κ2) is 8.60. The number of carbonyl (C=O) groups excluding carboxylic acids is 1. The molecule has 4 aromatic rings. The van der Waals surface area contributed by atoms with E-state index >= 15 is 0 Å². The number of anilines is 1. The van der Waals surface area contributed by atoms with Crippen LogP contribution >= 0.6 is 0 Å².